The highest BCUT2D eigenvalue weighted by Gasteiger charge is 2.19. The van der Waals surface area contributed by atoms with Crippen molar-refractivity contribution >= 4 is 48.7 Å². The molecule has 2 heterocycles. The van der Waals surface area contributed by atoms with Crippen molar-refractivity contribution in [3.63, 3.8) is 0 Å². The second kappa shape index (κ2) is 6.61. The molecule has 1 N–H and O–H groups in total. The van der Waals surface area contributed by atoms with Crippen molar-refractivity contribution in [2.45, 2.75) is 26.3 Å². The molecule has 3 rings (SSSR count). The molecule has 0 amide bonds. The normalized spacial score (nSPS) is 12.9. The number of thiophene rings is 2. The molecule has 0 aliphatic carbocycles. The molecule has 2 aromatic heterocycles. The van der Waals surface area contributed by atoms with E-state index in [0.29, 0.717) is 0 Å². The molecule has 0 fully saturated rings. The molecule has 1 atom stereocenters. The first-order valence-electron chi connectivity index (χ1n) is 7.16. The fourth-order valence-corrected chi connectivity index (χ4v) is 5.13. The third kappa shape index (κ3) is 3.09. The summed E-state index contributed by atoms with van der Waals surface area (Å²) in [6.45, 7) is 5.40. The van der Waals surface area contributed by atoms with Gasteiger partial charge in [0.15, 0.2) is 0 Å². The summed E-state index contributed by atoms with van der Waals surface area (Å²) in [5.74, 6) is 0. The molecule has 3 aromatic rings. The quantitative estimate of drug-likeness (QED) is 0.562. The number of benzene rings is 1. The van der Waals surface area contributed by atoms with Crippen LogP contribution in [-0.4, -0.2) is 6.54 Å². The molecule has 1 aromatic carbocycles. The van der Waals surface area contributed by atoms with Crippen LogP contribution in [0.5, 0.6) is 0 Å². The standard InChI is InChI=1S/C17H18BrNS2/c1-3-8-19-15(14-10-11(2)17(18)21-14)13-6-4-5-12-7-9-20-16(12)13/h4-7,9-10,15,19H,3,8H2,1-2H3. The van der Waals surface area contributed by atoms with Gasteiger partial charge in [-0.05, 0) is 69.8 Å². The maximum Gasteiger partial charge on any atom is 0.0731 e. The third-order valence-electron chi connectivity index (χ3n) is 3.58. The zero-order chi connectivity index (χ0) is 14.8. The maximum absolute atomic E-state index is 3.72. The van der Waals surface area contributed by atoms with Crippen LogP contribution in [0.1, 0.15) is 35.4 Å². The average Bonchev–Trinajstić information content (AvgIpc) is 3.07. The van der Waals surface area contributed by atoms with Crippen LogP contribution in [0.2, 0.25) is 0 Å². The highest BCUT2D eigenvalue weighted by atomic mass is 79.9. The van der Waals surface area contributed by atoms with E-state index in [1.807, 2.05) is 22.7 Å². The van der Waals surface area contributed by atoms with Crippen LogP contribution in [0.15, 0.2) is 39.5 Å². The van der Waals surface area contributed by atoms with E-state index in [1.54, 1.807) is 0 Å². The maximum atomic E-state index is 3.72. The first-order valence-corrected chi connectivity index (χ1v) is 9.65. The third-order valence-corrected chi connectivity index (χ3v) is 6.76. The van der Waals surface area contributed by atoms with Crippen molar-refractivity contribution in [1.82, 2.24) is 5.32 Å². The summed E-state index contributed by atoms with van der Waals surface area (Å²) >= 11 is 7.33. The number of aryl methyl sites for hydroxylation is 1. The lowest BCUT2D eigenvalue weighted by Crippen LogP contribution is -2.22. The van der Waals surface area contributed by atoms with Gasteiger partial charge in [-0.1, -0.05) is 25.1 Å². The van der Waals surface area contributed by atoms with Crippen molar-refractivity contribution in [3.8, 4) is 0 Å². The van der Waals surface area contributed by atoms with Crippen molar-refractivity contribution in [2.75, 3.05) is 6.54 Å². The van der Waals surface area contributed by atoms with Crippen LogP contribution in [0.4, 0.5) is 0 Å². The Labute approximate surface area is 142 Å². The minimum Gasteiger partial charge on any atom is -0.306 e. The molecule has 0 aliphatic heterocycles. The predicted molar refractivity (Wildman–Crippen MR) is 98.7 cm³/mol. The largest absolute Gasteiger partial charge is 0.306 e. The van der Waals surface area contributed by atoms with Gasteiger partial charge in [-0.2, -0.15) is 0 Å². The number of rotatable bonds is 5. The number of nitrogens with one attached hydrogen (secondary N) is 1. The Balaban J connectivity index is 2.08. The Kier molecular flexibility index (Phi) is 4.79. The Hall–Kier alpha value is -0.680. The molecule has 0 radical (unpaired) electrons. The number of hydrogen-bond donors (Lipinski definition) is 1. The lowest BCUT2D eigenvalue weighted by atomic mass is 10.0. The Morgan fingerprint density at radius 2 is 2.14 bits per heavy atom. The summed E-state index contributed by atoms with van der Waals surface area (Å²) in [5, 5.41) is 7.24. The first-order chi connectivity index (χ1) is 10.2. The van der Waals surface area contributed by atoms with Crippen LogP contribution in [0, 0.1) is 6.92 Å². The Morgan fingerprint density at radius 3 is 2.86 bits per heavy atom. The van der Waals surface area contributed by atoms with Crippen LogP contribution in [0.25, 0.3) is 10.1 Å². The fourth-order valence-electron chi connectivity index (χ4n) is 2.52. The van der Waals surface area contributed by atoms with Crippen molar-refractivity contribution in [2.24, 2.45) is 0 Å². The molecule has 21 heavy (non-hydrogen) atoms. The summed E-state index contributed by atoms with van der Waals surface area (Å²) in [4.78, 5) is 1.38. The summed E-state index contributed by atoms with van der Waals surface area (Å²) in [6, 6.07) is 11.4. The molecule has 4 heteroatoms. The van der Waals surface area contributed by atoms with E-state index < -0.39 is 0 Å². The zero-order valence-corrected chi connectivity index (χ0v) is 15.4. The van der Waals surface area contributed by atoms with Crippen molar-refractivity contribution < 1.29 is 0 Å². The van der Waals surface area contributed by atoms with Gasteiger partial charge in [-0.25, -0.2) is 0 Å². The van der Waals surface area contributed by atoms with Gasteiger partial charge in [0.25, 0.3) is 0 Å². The smallest absolute Gasteiger partial charge is 0.0731 e. The molecular weight excluding hydrogens is 362 g/mol. The van der Waals surface area contributed by atoms with Gasteiger partial charge in [0.2, 0.25) is 0 Å². The number of hydrogen-bond acceptors (Lipinski definition) is 3. The van der Waals surface area contributed by atoms with Gasteiger partial charge in [0, 0.05) is 9.58 Å². The Bertz CT molecular complexity index is 725. The van der Waals surface area contributed by atoms with Gasteiger partial charge in [0.1, 0.15) is 0 Å². The minimum absolute atomic E-state index is 0.280. The molecule has 0 saturated carbocycles. The van der Waals surface area contributed by atoms with E-state index in [4.69, 9.17) is 0 Å². The summed E-state index contributed by atoms with van der Waals surface area (Å²) in [6.07, 6.45) is 1.14. The lowest BCUT2D eigenvalue weighted by molar-refractivity contribution is 0.609. The monoisotopic (exact) mass is 379 g/mol. The van der Waals surface area contributed by atoms with Gasteiger partial charge >= 0.3 is 0 Å². The molecule has 110 valence electrons. The minimum atomic E-state index is 0.280. The van der Waals surface area contributed by atoms with Crippen LogP contribution < -0.4 is 5.32 Å². The molecule has 0 aliphatic rings. The Morgan fingerprint density at radius 1 is 1.29 bits per heavy atom. The highest BCUT2D eigenvalue weighted by molar-refractivity contribution is 9.11. The molecule has 1 unspecified atom stereocenters. The fraction of sp³-hybridized carbons (Fsp3) is 0.294. The van der Waals surface area contributed by atoms with Gasteiger partial charge in [-0.3, -0.25) is 0 Å². The lowest BCUT2D eigenvalue weighted by Gasteiger charge is -2.18. The van der Waals surface area contributed by atoms with Crippen molar-refractivity contribution in [1.29, 1.82) is 0 Å². The van der Waals surface area contributed by atoms with Crippen LogP contribution in [0.3, 0.4) is 0 Å². The molecular formula is C17H18BrNS2. The van der Waals surface area contributed by atoms with Crippen LogP contribution in [-0.2, 0) is 0 Å². The second-order valence-electron chi connectivity index (χ2n) is 5.18. The van der Waals surface area contributed by atoms with E-state index in [-0.39, 0.29) is 6.04 Å². The van der Waals surface area contributed by atoms with Gasteiger partial charge in [-0.15, -0.1) is 22.7 Å². The molecule has 0 spiro atoms. The highest BCUT2D eigenvalue weighted by Crippen LogP contribution is 2.38. The van der Waals surface area contributed by atoms with Crippen molar-refractivity contribution in [3.05, 3.63) is 55.5 Å². The van der Waals surface area contributed by atoms with Crippen LogP contribution >= 0.6 is 38.6 Å². The van der Waals surface area contributed by atoms with Gasteiger partial charge in [0.05, 0.1) is 9.83 Å². The predicted octanol–water partition coefficient (Wildman–Crippen LogP) is 6.12. The molecule has 0 bridgehead atoms. The number of fused-ring (bicyclic) bond motifs is 1. The summed E-state index contributed by atoms with van der Waals surface area (Å²) in [5.41, 5.74) is 2.71. The molecule has 1 nitrogen and oxygen atoms in total. The topological polar surface area (TPSA) is 12.0 Å². The van der Waals surface area contributed by atoms with E-state index in [2.05, 4.69) is 70.8 Å². The first kappa shape index (κ1) is 15.2. The summed E-state index contributed by atoms with van der Waals surface area (Å²) < 4.78 is 2.63. The zero-order valence-electron chi connectivity index (χ0n) is 12.2. The van der Waals surface area contributed by atoms with E-state index in [0.717, 1.165) is 13.0 Å². The van der Waals surface area contributed by atoms with Gasteiger partial charge < -0.3 is 5.32 Å². The second-order valence-corrected chi connectivity index (χ2v) is 8.50. The summed E-state index contributed by atoms with van der Waals surface area (Å²) in [7, 11) is 0. The average molecular weight is 380 g/mol. The number of halogens is 1. The SMILES string of the molecule is CCCNC(c1cc(C)c(Br)s1)c1cccc2ccsc12. The van der Waals surface area contributed by atoms with E-state index >= 15 is 0 Å². The van der Waals surface area contributed by atoms with E-state index in [9.17, 15) is 0 Å². The van der Waals surface area contributed by atoms with E-state index in [1.165, 1.54) is 29.9 Å². The molecule has 0 saturated heterocycles.